The van der Waals surface area contributed by atoms with E-state index in [0.29, 0.717) is 0 Å². The van der Waals surface area contributed by atoms with Crippen LogP contribution in [-0.2, 0) is 11.2 Å². The monoisotopic (exact) mass is 277 g/mol. The van der Waals surface area contributed by atoms with Crippen molar-refractivity contribution in [1.82, 2.24) is 5.32 Å². The molecular formula is C16H23NO3. The molecule has 4 heteroatoms. The Hall–Kier alpha value is -1.55. The number of rotatable bonds is 7. The summed E-state index contributed by atoms with van der Waals surface area (Å²) >= 11 is 0. The molecule has 1 fully saturated rings. The molecule has 1 aliphatic carbocycles. The predicted molar refractivity (Wildman–Crippen MR) is 78.1 cm³/mol. The van der Waals surface area contributed by atoms with E-state index in [1.54, 1.807) is 7.11 Å². The highest BCUT2D eigenvalue weighted by atomic mass is 16.5. The average Bonchev–Trinajstić information content (AvgIpc) is 2.40. The quantitative estimate of drug-likeness (QED) is 0.804. The van der Waals surface area contributed by atoms with Crippen LogP contribution in [0.25, 0.3) is 0 Å². The number of nitrogens with one attached hydrogen (secondary N) is 1. The van der Waals surface area contributed by atoms with Crippen molar-refractivity contribution in [3.05, 3.63) is 29.8 Å². The normalized spacial score (nSPS) is 18.1. The predicted octanol–water partition coefficient (Wildman–Crippen LogP) is 2.61. The maximum atomic E-state index is 11.3. The van der Waals surface area contributed by atoms with E-state index in [9.17, 15) is 9.90 Å². The lowest BCUT2D eigenvalue weighted by Gasteiger charge is -2.40. The molecule has 1 atom stereocenters. The van der Waals surface area contributed by atoms with Gasteiger partial charge in [-0.2, -0.15) is 0 Å². The van der Waals surface area contributed by atoms with E-state index >= 15 is 0 Å². The molecule has 0 bridgehead atoms. The van der Waals surface area contributed by atoms with Crippen LogP contribution in [0, 0.1) is 0 Å². The first kappa shape index (κ1) is 14.9. The zero-order valence-corrected chi connectivity index (χ0v) is 12.2. The van der Waals surface area contributed by atoms with Crippen LogP contribution >= 0.6 is 0 Å². The minimum Gasteiger partial charge on any atom is -0.497 e. The van der Waals surface area contributed by atoms with Crippen LogP contribution < -0.4 is 10.1 Å². The molecule has 2 N–H and O–H groups in total. The van der Waals surface area contributed by atoms with Crippen molar-refractivity contribution in [2.24, 2.45) is 0 Å². The van der Waals surface area contributed by atoms with E-state index in [2.05, 4.69) is 24.4 Å². The smallest absolute Gasteiger partial charge is 0.323 e. The summed E-state index contributed by atoms with van der Waals surface area (Å²) in [7, 11) is 1.66. The highest BCUT2D eigenvalue weighted by molar-refractivity contribution is 5.80. The lowest BCUT2D eigenvalue weighted by atomic mass is 9.76. The van der Waals surface area contributed by atoms with E-state index < -0.39 is 11.5 Å². The van der Waals surface area contributed by atoms with Gasteiger partial charge in [0.1, 0.15) is 11.3 Å². The van der Waals surface area contributed by atoms with Gasteiger partial charge < -0.3 is 9.84 Å². The summed E-state index contributed by atoms with van der Waals surface area (Å²) in [6, 6.07) is 8.23. The van der Waals surface area contributed by atoms with Crippen molar-refractivity contribution < 1.29 is 14.6 Å². The third kappa shape index (κ3) is 3.31. The fourth-order valence-electron chi connectivity index (χ4n) is 2.67. The number of carboxylic acids is 1. The van der Waals surface area contributed by atoms with Gasteiger partial charge in [-0.3, -0.25) is 10.1 Å². The Labute approximate surface area is 120 Å². The summed E-state index contributed by atoms with van der Waals surface area (Å²) in [5, 5.41) is 12.6. The Bertz CT molecular complexity index is 451. The van der Waals surface area contributed by atoms with Crippen LogP contribution in [0.5, 0.6) is 5.75 Å². The lowest BCUT2D eigenvalue weighted by Crippen LogP contribution is -2.59. The maximum Gasteiger partial charge on any atom is 0.323 e. The van der Waals surface area contributed by atoms with Crippen LogP contribution in [0.1, 0.15) is 38.2 Å². The standard InChI is InChI=1S/C16H23NO3/c1-12(17-16(15(18)19)10-3-11-16)4-5-13-6-8-14(20-2)9-7-13/h6-9,12,17H,3-5,10-11H2,1-2H3,(H,18,19)/t12-/m1/s1. The first-order valence-electron chi connectivity index (χ1n) is 7.20. The van der Waals surface area contributed by atoms with Crippen molar-refractivity contribution in [3.63, 3.8) is 0 Å². The van der Waals surface area contributed by atoms with Gasteiger partial charge in [0.15, 0.2) is 0 Å². The third-order valence-corrected chi connectivity index (χ3v) is 4.16. The molecular weight excluding hydrogens is 254 g/mol. The minimum atomic E-state index is -0.708. The maximum absolute atomic E-state index is 11.3. The molecule has 0 aromatic heterocycles. The van der Waals surface area contributed by atoms with E-state index in [-0.39, 0.29) is 6.04 Å². The summed E-state index contributed by atoms with van der Waals surface area (Å²) < 4.78 is 5.13. The number of carboxylic acid groups (broad SMARTS) is 1. The molecule has 0 radical (unpaired) electrons. The molecule has 0 amide bonds. The molecule has 2 rings (SSSR count). The second-order valence-corrected chi connectivity index (χ2v) is 5.67. The molecule has 0 spiro atoms. The van der Waals surface area contributed by atoms with Gasteiger partial charge in [-0.15, -0.1) is 0 Å². The van der Waals surface area contributed by atoms with Crippen molar-refractivity contribution >= 4 is 5.97 Å². The second kappa shape index (κ2) is 6.27. The number of aliphatic carboxylic acids is 1. The second-order valence-electron chi connectivity index (χ2n) is 5.67. The van der Waals surface area contributed by atoms with Gasteiger partial charge in [-0.1, -0.05) is 12.1 Å². The number of aryl methyl sites for hydroxylation is 1. The highest BCUT2D eigenvalue weighted by Gasteiger charge is 2.44. The number of benzene rings is 1. The Morgan fingerprint density at radius 3 is 2.50 bits per heavy atom. The van der Waals surface area contributed by atoms with E-state index in [1.165, 1.54) is 5.56 Å². The molecule has 20 heavy (non-hydrogen) atoms. The third-order valence-electron chi connectivity index (χ3n) is 4.16. The Morgan fingerprint density at radius 1 is 1.40 bits per heavy atom. The Kier molecular flexibility index (Phi) is 4.65. The van der Waals surface area contributed by atoms with Gasteiger partial charge in [0.2, 0.25) is 0 Å². The summed E-state index contributed by atoms with van der Waals surface area (Å²) in [5.74, 6) is 0.152. The van der Waals surface area contributed by atoms with E-state index in [0.717, 1.165) is 37.9 Å². The Morgan fingerprint density at radius 2 is 2.05 bits per heavy atom. The molecule has 0 saturated heterocycles. The molecule has 1 aliphatic rings. The fraction of sp³-hybridized carbons (Fsp3) is 0.562. The lowest BCUT2D eigenvalue weighted by molar-refractivity contribution is -0.149. The summed E-state index contributed by atoms with van der Waals surface area (Å²) in [5.41, 5.74) is 0.580. The average molecular weight is 277 g/mol. The van der Waals surface area contributed by atoms with Crippen LogP contribution in [0.3, 0.4) is 0 Å². The van der Waals surface area contributed by atoms with Gasteiger partial charge in [-0.05, 0) is 56.7 Å². The minimum absolute atomic E-state index is 0.202. The van der Waals surface area contributed by atoms with Crippen LogP contribution in [-0.4, -0.2) is 29.8 Å². The van der Waals surface area contributed by atoms with Crippen LogP contribution in [0.15, 0.2) is 24.3 Å². The molecule has 4 nitrogen and oxygen atoms in total. The van der Waals surface area contributed by atoms with E-state index in [1.807, 2.05) is 12.1 Å². The van der Waals surface area contributed by atoms with Crippen molar-refractivity contribution in [2.75, 3.05) is 7.11 Å². The first-order chi connectivity index (χ1) is 9.55. The van der Waals surface area contributed by atoms with E-state index in [4.69, 9.17) is 4.74 Å². The first-order valence-corrected chi connectivity index (χ1v) is 7.20. The largest absolute Gasteiger partial charge is 0.497 e. The molecule has 0 unspecified atom stereocenters. The summed E-state index contributed by atoms with van der Waals surface area (Å²) in [6.45, 7) is 2.06. The molecule has 1 aromatic carbocycles. The molecule has 1 aromatic rings. The topological polar surface area (TPSA) is 58.6 Å². The number of hydrogen-bond donors (Lipinski definition) is 2. The Balaban J connectivity index is 1.82. The van der Waals surface area contributed by atoms with Gasteiger partial charge in [0.25, 0.3) is 0 Å². The van der Waals surface area contributed by atoms with Crippen LogP contribution in [0.2, 0.25) is 0 Å². The fourth-order valence-corrected chi connectivity index (χ4v) is 2.67. The number of carbonyl (C=O) groups is 1. The summed E-state index contributed by atoms with van der Waals surface area (Å²) in [6.07, 6.45) is 4.37. The van der Waals surface area contributed by atoms with Gasteiger partial charge in [0.05, 0.1) is 7.11 Å². The molecule has 1 saturated carbocycles. The SMILES string of the molecule is COc1ccc(CC[C@@H](C)NC2(C(=O)O)CCC2)cc1. The van der Waals surface area contributed by atoms with Gasteiger partial charge >= 0.3 is 5.97 Å². The number of ether oxygens (including phenoxy) is 1. The van der Waals surface area contributed by atoms with Crippen molar-refractivity contribution in [2.45, 2.75) is 50.6 Å². The molecule has 110 valence electrons. The number of hydrogen-bond acceptors (Lipinski definition) is 3. The van der Waals surface area contributed by atoms with Crippen LogP contribution in [0.4, 0.5) is 0 Å². The number of methoxy groups -OCH3 is 1. The zero-order valence-electron chi connectivity index (χ0n) is 12.2. The molecule has 0 aliphatic heterocycles. The van der Waals surface area contributed by atoms with Gasteiger partial charge in [-0.25, -0.2) is 0 Å². The highest BCUT2D eigenvalue weighted by Crippen LogP contribution is 2.32. The van der Waals surface area contributed by atoms with Crippen molar-refractivity contribution in [1.29, 1.82) is 0 Å². The van der Waals surface area contributed by atoms with Crippen molar-refractivity contribution in [3.8, 4) is 5.75 Å². The summed E-state index contributed by atoms with van der Waals surface area (Å²) in [4.78, 5) is 11.3. The molecule has 0 heterocycles. The zero-order chi connectivity index (χ0) is 14.6. The van der Waals surface area contributed by atoms with Gasteiger partial charge in [0, 0.05) is 6.04 Å².